The molecule has 0 N–H and O–H groups in total. The van der Waals surface area contributed by atoms with Crippen molar-refractivity contribution in [3.05, 3.63) is 18.2 Å². The quantitative estimate of drug-likeness (QED) is 0.767. The van der Waals surface area contributed by atoms with Crippen LogP contribution in [0.1, 0.15) is 6.42 Å². The second-order valence-corrected chi connectivity index (χ2v) is 6.26. The summed E-state index contributed by atoms with van der Waals surface area (Å²) in [4.78, 5) is 13.4. The lowest BCUT2D eigenvalue weighted by molar-refractivity contribution is -0.117. The first-order valence-corrected chi connectivity index (χ1v) is 7.83. The third-order valence-electron chi connectivity index (χ3n) is 3.29. The number of carbonyl (C=O) groups excluding carboxylic acids is 1. The van der Waals surface area contributed by atoms with Crippen molar-refractivity contribution in [2.75, 3.05) is 31.4 Å². The molecule has 1 aliphatic heterocycles. The van der Waals surface area contributed by atoms with Crippen LogP contribution in [-0.2, 0) is 15.0 Å². The summed E-state index contributed by atoms with van der Waals surface area (Å²) in [6.45, 7) is 0.151. The van der Waals surface area contributed by atoms with Crippen LogP contribution in [0.5, 0.6) is 11.5 Å². The summed E-state index contributed by atoms with van der Waals surface area (Å²) in [5.41, 5.74) is 0.537. The number of nitrogens with zero attached hydrogens (tertiary/aromatic N) is 1. The number of halogens is 1. The van der Waals surface area contributed by atoms with E-state index in [2.05, 4.69) is 0 Å². The van der Waals surface area contributed by atoms with E-state index >= 15 is 0 Å². The molecule has 2 rings (SSSR count). The summed E-state index contributed by atoms with van der Waals surface area (Å²) in [6.07, 6.45) is 0.00265. The fraction of sp³-hybridized carbons (Fsp3) is 0.462. The van der Waals surface area contributed by atoms with Gasteiger partial charge in [-0.2, -0.15) is 8.42 Å². The molecule has 116 valence electrons. The number of hydrogen-bond acceptors (Lipinski definition) is 5. The predicted molar refractivity (Wildman–Crippen MR) is 74.9 cm³/mol. The molecule has 1 unspecified atom stereocenters. The van der Waals surface area contributed by atoms with Gasteiger partial charge in [-0.1, -0.05) is 0 Å². The van der Waals surface area contributed by atoms with E-state index in [0.29, 0.717) is 17.2 Å². The number of anilines is 1. The topological polar surface area (TPSA) is 72.9 Å². The first kappa shape index (κ1) is 15.6. The Hall–Kier alpha value is -1.83. The van der Waals surface area contributed by atoms with Gasteiger partial charge in [0.15, 0.2) is 0 Å². The first-order chi connectivity index (χ1) is 9.82. The minimum Gasteiger partial charge on any atom is -0.497 e. The largest absolute Gasteiger partial charge is 0.497 e. The molecule has 1 amide bonds. The van der Waals surface area contributed by atoms with Crippen molar-refractivity contribution in [1.29, 1.82) is 0 Å². The van der Waals surface area contributed by atoms with E-state index in [9.17, 15) is 17.1 Å². The molecular weight excluding hydrogens is 301 g/mol. The van der Waals surface area contributed by atoms with Crippen molar-refractivity contribution in [2.45, 2.75) is 6.42 Å². The van der Waals surface area contributed by atoms with Gasteiger partial charge in [-0.05, 0) is 0 Å². The normalized spacial score (nSPS) is 18.9. The fourth-order valence-corrected chi connectivity index (χ4v) is 3.16. The number of carbonyl (C=O) groups is 1. The average Bonchev–Trinajstić information content (AvgIpc) is 2.76. The number of rotatable bonds is 5. The van der Waals surface area contributed by atoms with Crippen LogP contribution < -0.4 is 14.4 Å². The van der Waals surface area contributed by atoms with E-state index in [1.54, 1.807) is 18.2 Å². The fourth-order valence-electron chi connectivity index (χ4n) is 2.37. The zero-order valence-corrected chi connectivity index (χ0v) is 12.5. The van der Waals surface area contributed by atoms with Crippen LogP contribution in [0.2, 0.25) is 0 Å². The Morgan fingerprint density at radius 2 is 1.81 bits per heavy atom. The molecule has 1 aliphatic rings. The molecule has 21 heavy (non-hydrogen) atoms. The number of methoxy groups -OCH3 is 2. The third kappa shape index (κ3) is 3.84. The summed E-state index contributed by atoms with van der Waals surface area (Å²) < 4.78 is 44.4. The molecule has 0 radical (unpaired) electrons. The summed E-state index contributed by atoms with van der Waals surface area (Å²) in [6, 6.07) is 4.95. The zero-order chi connectivity index (χ0) is 15.6. The molecule has 0 aromatic heterocycles. The van der Waals surface area contributed by atoms with E-state index in [1.807, 2.05) is 0 Å². The van der Waals surface area contributed by atoms with Gasteiger partial charge in [0.25, 0.3) is 0 Å². The van der Waals surface area contributed by atoms with Gasteiger partial charge in [0.1, 0.15) is 11.5 Å². The van der Waals surface area contributed by atoms with E-state index in [-0.39, 0.29) is 18.9 Å². The van der Waals surface area contributed by atoms with Gasteiger partial charge < -0.3 is 14.4 Å². The summed E-state index contributed by atoms with van der Waals surface area (Å²) in [7, 11) is -1.61. The van der Waals surface area contributed by atoms with E-state index in [0.717, 1.165) is 0 Å². The third-order valence-corrected chi connectivity index (χ3v) is 4.16. The van der Waals surface area contributed by atoms with Gasteiger partial charge in [0.05, 0.1) is 25.7 Å². The molecule has 1 aromatic rings. The van der Waals surface area contributed by atoms with Crippen LogP contribution in [0.4, 0.5) is 9.57 Å². The maximum atomic E-state index is 12.7. The van der Waals surface area contributed by atoms with Crippen molar-refractivity contribution < 1.29 is 26.6 Å². The Bertz CT molecular complexity index is 624. The second-order valence-electron chi connectivity index (χ2n) is 4.85. The molecular formula is C13H16FNO5S. The molecule has 6 nitrogen and oxygen atoms in total. The molecule has 0 spiro atoms. The summed E-state index contributed by atoms with van der Waals surface area (Å²) in [5, 5.41) is 0. The molecule has 8 heteroatoms. The van der Waals surface area contributed by atoms with E-state index < -0.39 is 21.9 Å². The SMILES string of the molecule is COc1cc(OC)cc(N2CC(CS(=O)(=O)F)CC2=O)c1. The predicted octanol–water partition coefficient (Wildman–Crippen LogP) is 1.36. The lowest BCUT2D eigenvalue weighted by Crippen LogP contribution is -2.25. The molecule has 0 bridgehead atoms. The number of hydrogen-bond donors (Lipinski definition) is 0. The van der Waals surface area contributed by atoms with Crippen LogP contribution in [0, 0.1) is 5.92 Å². The lowest BCUT2D eigenvalue weighted by atomic mass is 10.1. The van der Waals surface area contributed by atoms with Crippen molar-refractivity contribution in [2.24, 2.45) is 5.92 Å². The molecule has 0 saturated carbocycles. The van der Waals surface area contributed by atoms with Gasteiger partial charge in [-0.25, -0.2) is 0 Å². The Morgan fingerprint density at radius 3 is 2.29 bits per heavy atom. The van der Waals surface area contributed by atoms with Gasteiger partial charge in [0.2, 0.25) is 5.91 Å². The number of benzene rings is 1. The van der Waals surface area contributed by atoms with Crippen molar-refractivity contribution in [3.63, 3.8) is 0 Å². The molecule has 1 fully saturated rings. The molecule has 1 heterocycles. The molecule has 0 aliphatic carbocycles. The standard InChI is InChI=1S/C13H16FNO5S/c1-19-11-4-10(5-12(6-11)20-2)15-7-9(3-13(15)16)8-21(14,17)18/h4-6,9H,3,7-8H2,1-2H3. The van der Waals surface area contributed by atoms with Crippen molar-refractivity contribution >= 4 is 21.8 Å². The highest BCUT2D eigenvalue weighted by atomic mass is 32.3. The zero-order valence-electron chi connectivity index (χ0n) is 11.7. The highest BCUT2D eigenvalue weighted by Crippen LogP contribution is 2.32. The Morgan fingerprint density at radius 1 is 1.24 bits per heavy atom. The van der Waals surface area contributed by atoms with Gasteiger partial charge in [-0.3, -0.25) is 4.79 Å². The van der Waals surface area contributed by atoms with E-state index in [1.165, 1.54) is 19.1 Å². The number of ether oxygens (including phenoxy) is 2. The Labute approximate surface area is 122 Å². The molecule has 1 saturated heterocycles. The van der Waals surface area contributed by atoms with Crippen LogP contribution in [0.25, 0.3) is 0 Å². The van der Waals surface area contributed by atoms with Gasteiger partial charge in [0, 0.05) is 37.1 Å². The maximum absolute atomic E-state index is 12.7. The Balaban J connectivity index is 2.24. The van der Waals surface area contributed by atoms with Crippen molar-refractivity contribution in [1.82, 2.24) is 0 Å². The smallest absolute Gasteiger partial charge is 0.302 e. The molecule has 1 atom stereocenters. The summed E-state index contributed by atoms with van der Waals surface area (Å²) >= 11 is 0. The Kier molecular flexibility index (Phi) is 4.36. The second kappa shape index (κ2) is 5.88. The summed E-state index contributed by atoms with van der Waals surface area (Å²) in [5.74, 6) is -0.419. The minimum absolute atomic E-state index is 0.00265. The highest BCUT2D eigenvalue weighted by molar-refractivity contribution is 7.86. The van der Waals surface area contributed by atoms with Crippen LogP contribution in [0.3, 0.4) is 0 Å². The van der Waals surface area contributed by atoms with Crippen molar-refractivity contribution in [3.8, 4) is 11.5 Å². The average molecular weight is 317 g/mol. The van der Waals surface area contributed by atoms with Gasteiger partial charge >= 0.3 is 10.2 Å². The van der Waals surface area contributed by atoms with E-state index in [4.69, 9.17) is 9.47 Å². The van der Waals surface area contributed by atoms with Crippen LogP contribution in [0.15, 0.2) is 18.2 Å². The van der Waals surface area contributed by atoms with Crippen LogP contribution in [-0.4, -0.2) is 40.8 Å². The molecule has 1 aromatic carbocycles. The number of amides is 1. The first-order valence-electron chi connectivity index (χ1n) is 6.28. The maximum Gasteiger partial charge on any atom is 0.302 e. The van der Waals surface area contributed by atoms with Crippen LogP contribution >= 0.6 is 0 Å². The lowest BCUT2D eigenvalue weighted by Gasteiger charge is -2.18. The highest BCUT2D eigenvalue weighted by Gasteiger charge is 2.34. The minimum atomic E-state index is -4.59. The monoisotopic (exact) mass is 317 g/mol. The van der Waals surface area contributed by atoms with Gasteiger partial charge in [-0.15, -0.1) is 3.89 Å².